The fourth-order valence-corrected chi connectivity index (χ4v) is 2.85. The molecule has 1 fully saturated rings. The molecule has 0 atom stereocenters. The first-order valence-electron chi connectivity index (χ1n) is 7.95. The Morgan fingerprint density at radius 2 is 1.96 bits per heavy atom. The molecular formula is C18H22N4O. The number of nitrogens with zero attached hydrogens (tertiary/aromatic N) is 2. The zero-order valence-electron chi connectivity index (χ0n) is 13.8. The van der Waals surface area contributed by atoms with Gasteiger partial charge < -0.3 is 10.6 Å². The molecule has 23 heavy (non-hydrogen) atoms. The topological polar surface area (TPSA) is 66.9 Å². The molecule has 5 nitrogen and oxygen atoms in total. The lowest BCUT2D eigenvalue weighted by molar-refractivity contribution is 0.0850. The smallest absolute Gasteiger partial charge is 0.251 e. The fourth-order valence-electron chi connectivity index (χ4n) is 2.85. The minimum absolute atomic E-state index is 0.0223. The van der Waals surface area contributed by atoms with Gasteiger partial charge in [0.15, 0.2) is 0 Å². The van der Waals surface area contributed by atoms with Gasteiger partial charge >= 0.3 is 0 Å². The van der Waals surface area contributed by atoms with Crippen molar-refractivity contribution in [3.05, 3.63) is 47.4 Å². The van der Waals surface area contributed by atoms with Crippen LogP contribution >= 0.6 is 0 Å². The van der Waals surface area contributed by atoms with Crippen molar-refractivity contribution in [2.75, 3.05) is 5.32 Å². The van der Waals surface area contributed by atoms with Gasteiger partial charge in [-0.1, -0.05) is 6.07 Å². The highest BCUT2D eigenvalue weighted by molar-refractivity contribution is 5.95. The summed E-state index contributed by atoms with van der Waals surface area (Å²) in [6.45, 7) is 5.90. The van der Waals surface area contributed by atoms with E-state index in [0.29, 0.717) is 5.56 Å². The van der Waals surface area contributed by atoms with E-state index in [-0.39, 0.29) is 11.4 Å². The van der Waals surface area contributed by atoms with E-state index < -0.39 is 0 Å². The van der Waals surface area contributed by atoms with Gasteiger partial charge in [0.05, 0.1) is 0 Å². The number of carbonyl (C=O) groups excluding carboxylic acids is 1. The maximum absolute atomic E-state index is 12.4. The molecule has 0 radical (unpaired) electrons. The van der Waals surface area contributed by atoms with Crippen molar-refractivity contribution in [2.45, 2.75) is 45.6 Å². The molecule has 2 N–H and O–H groups in total. The Labute approximate surface area is 136 Å². The highest BCUT2D eigenvalue weighted by Gasteiger charge is 2.33. The van der Waals surface area contributed by atoms with Crippen LogP contribution in [-0.4, -0.2) is 21.4 Å². The van der Waals surface area contributed by atoms with Crippen LogP contribution in [0.4, 0.5) is 11.5 Å². The molecule has 2 aromatic rings. The number of nitrogens with one attached hydrogen (secondary N) is 2. The lowest BCUT2D eigenvalue weighted by atomic mass is 9.78. The van der Waals surface area contributed by atoms with Gasteiger partial charge in [-0.05, 0) is 58.2 Å². The summed E-state index contributed by atoms with van der Waals surface area (Å²) < 4.78 is 0. The van der Waals surface area contributed by atoms with Crippen molar-refractivity contribution >= 4 is 17.4 Å². The Morgan fingerprint density at radius 3 is 2.61 bits per heavy atom. The Bertz CT molecular complexity index is 717. The second-order valence-corrected chi connectivity index (χ2v) is 6.52. The summed E-state index contributed by atoms with van der Waals surface area (Å²) in [6.07, 6.45) is 3.29. The standard InChI is InChI=1S/C18H22N4O/c1-12-10-16(20-13(2)19-12)21-15-7-4-6-14(11-15)17(23)22-18(3)8-5-9-18/h4,6-7,10-11H,5,8-9H2,1-3H3,(H,22,23)(H,19,20,21). The van der Waals surface area contributed by atoms with E-state index in [1.165, 1.54) is 6.42 Å². The van der Waals surface area contributed by atoms with Gasteiger partial charge in [-0.2, -0.15) is 0 Å². The van der Waals surface area contributed by atoms with Gasteiger partial charge in [0.2, 0.25) is 0 Å². The summed E-state index contributed by atoms with van der Waals surface area (Å²) in [5, 5.41) is 6.37. The summed E-state index contributed by atoms with van der Waals surface area (Å²) >= 11 is 0. The number of hydrogen-bond donors (Lipinski definition) is 2. The van der Waals surface area contributed by atoms with Crippen LogP contribution < -0.4 is 10.6 Å². The van der Waals surface area contributed by atoms with Crippen molar-refractivity contribution in [2.24, 2.45) is 0 Å². The van der Waals surface area contributed by atoms with Crippen LogP contribution in [0.2, 0.25) is 0 Å². The van der Waals surface area contributed by atoms with Gasteiger partial charge in [-0.25, -0.2) is 9.97 Å². The minimum atomic E-state index is -0.0403. The average molecular weight is 310 g/mol. The Balaban J connectivity index is 1.75. The van der Waals surface area contributed by atoms with Gasteiger partial charge in [-0.3, -0.25) is 4.79 Å². The number of benzene rings is 1. The molecule has 0 saturated heterocycles. The predicted octanol–water partition coefficient (Wildman–Crippen LogP) is 3.51. The minimum Gasteiger partial charge on any atom is -0.347 e. The second kappa shape index (κ2) is 5.99. The molecule has 1 aromatic carbocycles. The molecule has 1 aliphatic carbocycles. The third-order valence-electron chi connectivity index (χ3n) is 4.24. The highest BCUT2D eigenvalue weighted by Crippen LogP contribution is 2.31. The molecule has 1 saturated carbocycles. The molecule has 1 aliphatic rings. The van der Waals surface area contributed by atoms with Gasteiger partial charge in [0, 0.05) is 28.6 Å². The van der Waals surface area contributed by atoms with E-state index in [0.717, 1.165) is 35.9 Å². The summed E-state index contributed by atoms with van der Waals surface area (Å²) in [7, 11) is 0. The molecule has 120 valence electrons. The van der Waals surface area contributed by atoms with E-state index in [4.69, 9.17) is 0 Å². The van der Waals surface area contributed by atoms with Gasteiger partial charge in [-0.15, -0.1) is 0 Å². The number of hydrogen-bond acceptors (Lipinski definition) is 4. The fraction of sp³-hybridized carbons (Fsp3) is 0.389. The van der Waals surface area contributed by atoms with Crippen LogP contribution in [0.15, 0.2) is 30.3 Å². The van der Waals surface area contributed by atoms with Crippen molar-refractivity contribution in [3.8, 4) is 0 Å². The van der Waals surface area contributed by atoms with Crippen molar-refractivity contribution in [1.29, 1.82) is 0 Å². The summed E-state index contributed by atoms with van der Waals surface area (Å²) in [5.41, 5.74) is 2.37. The van der Waals surface area contributed by atoms with E-state index in [9.17, 15) is 4.79 Å². The SMILES string of the molecule is Cc1cc(Nc2cccc(C(=O)NC3(C)CCC3)c2)nc(C)n1. The van der Waals surface area contributed by atoms with Crippen LogP contribution in [0.25, 0.3) is 0 Å². The molecule has 1 aromatic heterocycles. The Hall–Kier alpha value is -2.43. The monoisotopic (exact) mass is 310 g/mol. The zero-order chi connectivity index (χ0) is 16.4. The van der Waals surface area contributed by atoms with E-state index >= 15 is 0 Å². The molecule has 3 rings (SSSR count). The first-order chi connectivity index (χ1) is 10.9. The number of aryl methyl sites for hydroxylation is 2. The third-order valence-corrected chi connectivity index (χ3v) is 4.24. The van der Waals surface area contributed by atoms with Gasteiger partial charge in [0.1, 0.15) is 11.6 Å². The molecule has 0 unspecified atom stereocenters. The maximum atomic E-state index is 12.4. The summed E-state index contributed by atoms with van der Waals surface area (Å²) in [6, 6.07) is 9.37. The molecule has 5 heteroatoms. The molecule has 0 bridgehead atoms. The Morgan fingerprint density at radius 1 is 1.17 bits per heavy atom. The van der Waals surface area contributed by atoms with Crippen LogP contribution in [0.3, 0.4) is 0 Å². The van der Waals surface area contributed by atoms with Crippen molar-refractivity contribution in [1.82, 2.24) is 15.3 Å². The molecule has 1 amide bonds. The number of rotatable bonds is 4. The number of aromatic nitrogens is 2. The van der Waals surface area contributed by atoms with Crippen LogP contribution in [0.1, 0.15) is 48.1 Å². The normalized spacial score (nSPS) is 15.6. The highest BCUT2D eigenvalue weighted by atomic mass is 16.1. The quantitative estimate of drug-likeness (QED) is 0.907. The lowest BCUT2D eigenvalue weighted by Crippen LogP contribution is -2.50. The molecule has 0 spiro atoms. The van der Waals surface area contributed by atoms with Gasteiger partial charge in [0.25, 0.3) is 5.91 Å². The maximum Gasteiger partial charge on any atom is 0.251 e. The van der Waals surface area contributed by atoms with E-state index in [1.807, 2.05) is 44.2 Å². The second-order valence-electron chi connectivity index (χ2n) is 6.52. The predicted molar refractivity (Wildman–Crippen MR) is 91.0 cm³/mol. The van der Waals surface area contributed by atoms with Crippen LogP contribution in [0.5, 0.6) is 0 Å². The lowest BCUT2D eigenvalue weighted by Gasteiger charge is -2.39. The zero-order valence-corrected chi connectivity index (χ0v) is 13.8. The molecule has 1 heterocycles. The summed E-state index contributed by atoms with van der Waals surface area (Å²) in [5.74, 6) is 1.43. The largest absolute Gasteiger partial charge is 0.347 e. The number of anilines is 2. The Kier molecular flexibility index (Phi) is 4.03. The number of carbonyl (C=O) groups is 1. The van der Waals surface area contributed by atoms with Crippen LogP contribution in [-0.2, 0) is 0 Å². The first kappa shape index (κ1) is 15.5. The number of amides is 1. The molecule has 0 aliphatic heterocycles. The average Bonchev–Trinajstić information content (AvgIpc) is 2.44. The van der Waals surface area contributed by atoms with Crippen molar-refractivity contribution < 1.29 is 4.79 Å². The first-order valence-corrected chi connectivity index (χ1v) is 7.95. The molecular weight excluding hydrogens is 288 g/mol. The van der Waals surface area contributed by atoms with E-state index in [2.05, 4.69) is 27.5 Å². The van der Waals surface area contributed by atoms with Crippen molar-refractivity contribution in [3.63, 3.8) is 0 Å². The van der Waals surface area contributed by atoms with E-state index in [1.54, 1.807) is 0 Å². The summed E-state index contributed by atoms with van der Waals surface area (Å²) in [4.78, 5) is 21.0. The van der Waals surface area contributed by atoms with Crippen LogP contribution in [0, 0.1) is 13.8 Å². The third kappa shape index (κ3) is 3.67.